The molecule has 0 aliphatic heterocycles. The fraction of sp³-hybridized carbons (Fsp3) is 0.562. The van der Waals surface area contributed by atoms with Crippen LogP contribution in [0.3, 0.4) is 0 Å². The van der Waals surface area contributed by atoms with Crippen LogP contribution in [0.25, 0.3) is 0 Å². The van der Waals surface area contributed by atoms with Crippen LogP contribution in [-0.2, 0) is 19.6 Å². The minimum absolute atomic E-state index is 0.101. The zero-order chi connectivity index (χ0) is 17.6. The normalized spacial score (nSPS) is 11.3. The maximum absolute atomic E-state index is 12.2. The van der Waals surface area contributed by atoms with Gasteiger partial charge in [-0.2, -0.15) is 0 Å². The third-order valence-corrected chi connectivity index (χ3v) is 4.62. The van der Waals surface area contributed by atoms with E-state index in [1.165, 1.54) is 4.31 Å². The van der Waals surface area contributed by atoms with Crippen molar-refractivity contribution in [1.29, 1.82) is 0 Å². The molecular weight excluding hydrogens is 316 g/mol. The van der Waals surface area contributed by atoms with Crippen LogP contribution >= 0.6 is 0 Å². The second-order valence-corrected chi connectivity index (χ2v) is 7.58. The summed E-state index contributed by atoms with van der Waals surface area (Å²) in [6.07, 6.45) is 1.26. The maximum atomic E-state index is 12.2. The van der Waals surface area contributed by atoms with E-state index >= 15 is 0 Å². The van der Waals surface area contributed by atoms with Crippen molar-refractivity contribution < 1.29 is 17.9 Å². The predicted molar refractivity (Wildman–Crippen MR) is 92.3 cm³/mol. The number of amides is 1. The summed E-state index contributed by atoms with van der Waals surface area (Å²) >= 11 is 0. The Morgan fingerprint density at radius 1 is 1.22 bits per heavy atom. The number of carbonyl (C=O) groups is 1. The van der Waals surface area contributed by atoms with Crippen LogP contribution in [-0.4, -0.2) is 47.4 Å². The summed E-state index contributed by atoms with van der Waals surface area (Å²) in [5.41, 5.74) is 3.50. The zero-order valence-electron chi connectivity index (χ0n) is 14.5. The second-order valence-electron chi connectivity index (χ2n) is 5.68. The van der Waals surface area contributed by atoms with Crippen molar-refractivity contribution >= 4 is 21.6 Å². The molecule has 6 nitrogen and oxygen atoms in total. The molecule has 0 bridgehead atoms. The van der Waals surface area contributed by atoms with Gasteiger partial charge in [0, 0.05) is 26.6 Å². The minimum atomic E-state index is -3.47. The van der Waals surface area contributed by atoms with Crippen LogP contribution < -0.4 is 9.62 Å². The van der Waals surface area contributed by atoms with Gasteiger partial charge in [0.1, 0.15) is 0 Å². The van der Waals surface area contributed by atoms with Crippen LogP contribution in [0.4, 0.5) is 5.69 Å². The molecule has 130 valence electrons. The first-order chi connectivity index (χ1) is 10.7. The molecule has 0 aromatic heterocycles. The summed E-state index contributed by atoms with van der Waals surface area (Å²) in [4.78, 5) is 11.8. The number of hydrogen-bond acceptors (Lipinski definition) is 4. The third-order valence-electron chi connectivity index (χ3n) is 3.46. The highest BCUT2D eigenvalue weighted by Gasteiger charge is 2.22. The van der Waals surface area contributed by atoms with E-state index in [1.54, 1.807) is 7.11 Å². The van der Waals surface area contributed by atoms with Gasteiger partial charge < -0.3 is 10.1 Å². The molecule has 7 heteroatoms. The lowest BCUT2D eigenvalue weighted by atomic mass is 10.1. The Kier molecular flexibility index (Phi) is 7.02. The maximum Gasteiger partial charge on any atom is 0.232 e. The van der Waals surface area contributed by atoms with Gasteiger partial charge >= 0.3 is 0 Å². The van der Waals surface area contributed by atoms with Crippen LogP contribution in [0, 0.1) is 20.8 Å². The number of methoxy groups -OCH3 is 1. The quantitative estimate of drug-likeness (QED) is 0.727. The molecule has 0 radical (unpaired) electrons. The summed E-state index contributed by atoms with van der Waals surface area (Å²) in [5, 5.41) is 2.69. The van der Waals surface area contributed by atoms with Gasteiger partial charge in [0.25, 0.3) is 0 Å². The largest absolute Gasteiger partial charge is 0.383 e. The molecule has 0 atom stereocenters. The summed E-state index contributed by atoms with van der Waals surface area (Å²) in [5.74, 6) is -0.196. The molecule has 0 spiro atoms. The fourth-order valence-electron chi connectivity index (χ4n) is 2.59. The Labute approximate surface area is 138 Å². The van der Waals surface area contributed by atoms with Crippen LogP contribution in [0.2, 0.25) is 0 Å². The molecule has 0 unspecified atom stereocenters. The average molecular weight is 342 g/mol. The van der Waals surface area contributed by atoms with E-state index in [0.29, 0.717) is 18.8 Å². The first kappa shape index (κ1) is 19.4. The van der Waals surface area contributed by atoms with Crippen LogP contribution in [0.1, 0.15) is 23.1 Å². The van der Waals surface area contributed by atoms with Crippen molar-refractivity contribution in [2.75, 3.05) is 37.4 Å². The molecule has 0 aliphatic rings. The lowest BCUT2D eigenvalue weighted by Gasteiger charge is -2.26. The molecule has 1 amide bonds. The molecule has 1 aromatic rings. The second kappa shape index (κ2) is 8.31. The van der Waals surface area contributed by atoms with Crippen LogP contribution in [0.5, 0.6) is 0 Å². The Bertz CT molecular complexity index is 633. The van der Waals surface area contributed by atoms with E-state index in [4.69, 9.17) is 4.74 Å². The van der Waals surface area contributed by atoms with Crippen molar-refractivity contribution in [3.63, 3.8) is 0 Å². The molecule has 1 N–H and O–H groups in total. The number of aryl methyl sites for hydroxylation is 3. The van der Waals surface area contributed by atoms with E-state index < -0.39 is 10.0 Å². The molecule has 0 fully saturated rings. The Morgan fingerprint density at radius 2 is 1.78 bits per heavy atom. The number of rotatable bonds is 8. The van der Waals surface area contributed by atoms with Crippen molar-refractivity contribution in [3.8, 4) is 0 Å². The number of hydrogen-bond donors (Lipinski definition) is 1. The Morgan fingerprint density at radius 3 is 2.26 bits per heavy atom. The number of carbonyl (C=O) groups excluding carboxylic acids is 1. The highest BCUT2D eigenvalue weighted by molar-refractivity contribution is 7.92. The van der Waals surface area contributed by atoms with Gasteiger partial charge in [0.15, 0.2) is 0 Å². The van der Waals surface area contributed by atoms with Crippen molar-refractivity contribution in [2.24, 2.45) is 0 Å². The van der Waals surface area contributed by atoms with Gasteiger partial charge in [0.05, 0.1) is 18.6 Å². The number of ether oxygens (including phenoxy) is 1. The van der Waals surface area contributed by atoms with Gasteiger partial charge in [-0.1, -0.05) is 17.7 Å². The fourth-order valence-corrected chi connectivity index (χ4v) is 3.64. The lowest BCUT2D eigenvalue weighted by Crippen LogP contribution is -2.36. The van der Waals surface area contributed by atoms with Gasteiger partial charge in [0.2, 0.25) is 15.9 Å². The number of anilines is 1. The number of nitrogens with one attached hydrogen (secondary N) is 1. The smallest absolute Gasteiger partial charge is 0.232 e. The van der Waals surface area contributed by atoms with Crippen molar-refractivity contribution in [2.45, 2.75) is 27.2 Å². The highest BCUT2D eigenvalue weighted by Crippen LogP contribution is 2.28. The van der Waals surface area contributed by atoms with E-state index in [9.17, 15) is 13.2 Å². The number of benzene rings is 1. The molecule has 1 rings (SSSR count). The van der Waals surface area contributed by atoms with Crippen molar-refractivity contribution in [3.05, 3.63) is 28.8 Å². The zero-order valence-corrected chi connectivity index (χ0v) is 15.3. The van der Waals surface area contributed by atoms with Gasteiger partial charge in [-0.3, -0.25) is 9.10 Å². The molecular formula is C16H26N2O4S. The lowest BCUT2D eigenvalue weighted by molar-refractivity contribution is -0.121. The molecule has 1 aromatic carbocycles. The SMILES string of the molecule is COCCNC(=O)CCN(c1c(C)cc(C)cc1C)S(C)(=O)=O. The third kappa shape index (κ3) is 5.84. The molecule has 0 saturated carbocycles. The Hall–Kier alpha value is -1.60. The van der Waals surface area contributed by atoms with Gasteiger partial charge in [-0.05, 0) is 31.9 Å². The summed E-state index contributed by atoms with van der Waals surface area (Å²) in [7, 11) is -1.91. The van der Waals surface area contributed by atoms with Crippen molar-refractivity contribution in [1.82, 2.24) is 5.32 Å². The summed E-state index contributed by atoms with van der Waals surface area (Å²) < 4.78 is 30.5. The average Bonchev–Trinajstić information content (AvgIpc) is 2.40. The monoisotopic (exact) mass is 342 g/mol. The highest BCUT2D eigenvalue weighted by atomic mass is 32.2. The predicted octanol–water partition coefficient (Wildman–Crippen LogP) is 1.53. The Balaban J connectivity index is 2.94. The van der Waals surface area contributed by atoms with E-state index in [2.05, 4.69) is 5.32 Å². The van der Waals surface area contributed by atoms with Gasteiger partial charge in [-0.25, -0.2) is 8.42 Å². The first-order valence-corrected chi connectivity index (χ1v) is 9.33. The van der Waals surface area contributed by atoms with E-state index in [1.807, 2.05) is 32.9 Å². The first-order valence-electron chi connectivity index (χ1n) is 7.48. The van der Waals surface area contributed by atoms with Crippen LogP contribution in [0.15, 0.2) is 12.1 Å². The molecule has 23 heavy (non-hydrogen) atoms. The molecule has 0 heterocycles. The topological polar surface area (TPSA) is 75.7 Å². The van der Waals surface area contributed by atoms with Gasteiger partial charge in [-0.15, -0.1) is 0 Å². The number of nitrogens with zero attached hydrogens (tertiary/aromatic N) is 1. The standard InChI is InChI=1S/C16H26N2O4S/c1-12-10-13(2)16(14(3)11-12)18(23(5,20)21)8-6-15(19)17-7-9-22-4/h10-11H,6-9H2,1-5H3,(H,17,19). The summed E-state index contributed by atoms with van der Waals surface area (Å²) in [6, 6.07) is 3.89. The molecule has 0 aliphatic carbocycles. The number of sulfonamides is 1. The molecule has 0 saturated heterocycles. The minimum Gasteiger partial charge on any atom is -0.383 e. The summed E-state index contributed by atoms with van der Waals surface area (Å²) in [6.45, 7) is 6.69. The van der Waals surface area contributed by atoms with E-state index in [0.717, 1.165) is 22.9 Å². The van der Waals surface area contributed by atoms with E-state index in [-0.39, 0.29) is 18.9 Å².